The second-order valence-corrected chi connectivity index (χ2v) is 18.9. The van der Waals surface area contributed by atoms with Gasteiger partial charge in [0, 0.05) is 44.7 Å². The van der Waals surface area contributed by atoms with Gasteiger partial charge in [-0.05, 0) is 71.4 Å². The number of esters is 1. The largest absolute Gasteiger partial charge is 0.495 e. The molecule has 16 heteroatoms. The van der Waals surface area contributed by atoms with Crippen molar-refractivity contribution in [2.75, 3.05) is 39.5 Å². The summed E-state index contributed by atoms with van der Waals surface area (Å²) in [7, 11) is 9.39. The number of carbonyl (C=O) groups is 4. The highest BCUT2D eigenvalue weighted by Crippen LogP contribution is 2.49. The fraction of sp³-hybridized carbons (Fsp3) is 0.641. The molecule has 306 valence electrons. The van der Waals surface area contributed by atoms with Gasteiger partial charge in [0.1, 0.15) is 40.7 Å². The van der Waals surface area contributed by atoms with Crippen molar-refractivity contribution in [2.45, 2.75) is 120 Å². The van der Waals surface area contributed by atoms with E-state index in [9.17, 15) is 24.3 Å². The number of carbonyl (C=O) groups excluding carboxylic acids is 4. The van der Waals surface area contributed by atoms with Gasteiger partial charge in [-0.3, -0.25) is 14.9 Å². The minimum atomic E-state index is -1.83. The van der Waals surface area contributed by atoms with E-state index >= 15 is 0 Å². The Bertz CT molecular complexity index is 1680. The fourth-order valence-corrected chi connectivity index (χ4v) is 9.62. The van der Waals surface area contributed by atoms with Crippen molar-refractivity contribution in [3.8, 4) is 5.75 Å². The number of ether oxygens (including phenoxy) is 5. The van der Waals surface area contributed by atoms with Gasteiger partial charge in [0.2, 0.25) is 11.8 Å². The predicted octanol–water partition coefficient (Wildman–Crippen LogP) is 6.08. The number of allylic oxidation sites excluding steroid dienone is 3. The number of alkyl carbamates (subject to hydrolysis) is 1. The lowest BCUT2D eigenvalue weighted by Gasteiger charge is -2.42. The molecule has 3 amide bonds. The Morgan fingerprint density at radius 2 is 1.95 bits per heavy atom. The van der Waals surface area contributed by atoms with E-state index < -0.39 is 65.7 Å². The van der Waals surface area contributed by atoms with Gasteiger partial charge in [0.25, 0.3) is 0 Å². The second-order valence-electron chi connectivity index (χ2n) is 15.4. The highest BCUT2D eigenvalue weighted by molar-refractivity contribution is 8.76. The Labute approximate surface area is 337 Å². The molecule has 3 heterocycles. The number of anilines is 1. The van der Waals surface area contributed by atoms with Crippen LogP contribution in [0, 0.1) is 5.92 Å². The molecule has 2 fully saturated rings. The van der Waals surface area contributed by atoms with Crippen LogP contribution in [0.1, 0.15) is 72.8 Å². The Kier molecular flexibility index (Phi) is 14.7. The average molecular weight is 826 g/mol. The number of amides is 3. The van der Waals surface area contributed by atoms with Crippen LogP contribution in [-0.4, -0.2) is 115 Å². The molecule has 1 aromatic carbocycles. The van der Waals surface area contributed by atoms with E-state index in [1.807, 2.05) is 26.2 Å². The van der Waals surface area contributed by atoms with E-state index in [2.05, 4.69) is 19.2 Å². The zero-order valence-electron chi connectivity index (χ0n) is 33.6. The van der Waals surface area contributed by atoms with Crippen molar-refractivity contribution in [1.82, 2.24) is 10.2 Å². The van der Waals surface area contributed by atoms with Gasteiger partial charge in [-0.15, -0.1) is 0 Å². The van der Waals surface area contributed by atoms with Crippen LogP contribution in [-0.2, 0) is 39.8 Å². The van der Waals surface area contributed by atoms with Gasteiger partial charge in [0.15, 0.2) is 5.72 Å². The van der Waals surface area contributed by atoms with Gasteiger partial charge in [-0.2, -0.15) is 0 Å². The summed E-state index contributed by atoms with van der Waals surface area (Å²) in [6.07, 6.45) is 3.81. The van der Waals surface area contributed by atoms with Crippen LogP contribution < -0.4 is 15.0 Å². The summed E-state index contributed by atoms with van der Waals surface area (Å²) in [6, 6.07) is 2.62. The maximum atomic E-state index is 14.2. The number of hydrogen-bond acceptors (Lipinski definition) is 12. The fourth-order valence-electron chi connectivity index (χ4n) is 7.07. The number of nitrogens with one attached hydrogen (secondary N) is 1. The number of rotatable bonds is 10. The van der Waals surface area contributed by atoms with Crippen LogP contribution in [0.3, 0.4) is 0 Å². The molecule has 0 radical (unpaired) electrons. The summed E-state index contributed by atoms with van der Waals surface area (Å²) in [5.41, 5.74) is -0.900. The Hall–Kier alpha value is -2.95. The first-order valence-corrected chi connectivity index (χ1v) is 21.2. The number of methoxy groups -OCH3 is 2. The molecule has 1 aromatic rings. The van der Waals surface area contributed by atoms with Crippen molar-refractivity contribution < 1.29 is 48.0 Å². The number of aliphatic hydroxyl groups is 1. The van der Waals surface area contributed by atoms with Gasteiger partial charge in [-0.1, -0.05) is 63.9 Å². The topological polar surface area (TPSA) is 156 Å². The van der Waals surface area contributed by atoms with Crippen LogP contribution in [0.4, 0.5) is 10.5 Å². The summed E-state index contributed by atoms with van der Waals surface area (Å²) in [6.45, 7) is 11.2. The number of fused-ring (bicyclic) bond motifs is 5. The first kappa shape index (κ1) is 44.8. The van der Waals surface area contributed by atoms with Gasteiger partial charge < -0.3 is 38.6 Å². The van der Waals surface area contributed by atoms with Crippen LogP contribution in [0.2, 0.25) is 5.02 Å². The first-order valence-electron chi connectivity index (χ1n) is 18.3. The Balaban J connectivity index is 1.71. The van der Waals surface area contributed by atoms with Crippen molar-refractivity contribution >= 4 is 62.8 Å². The number of likely N-dealkylation sites (N-methyl/N-ethyl adjacent to an activating group) is 1. The molecule has 0 spiro atoms. The van der Waals surface area contributed by atoms with E-state index in [1.54, 1.807) is 73.8 Å². The quantitative estimate of drug-likeness (QED) is 0.160. The first-order chi connectivity index (χ1) is 25.7. The van der Waals surface area contributed by atoms with Gasteiger partial charge in [-0.25, -0.2) is 9.59 Å². The number of nitrogens with zero attached hydrogens (tertiary/aromatic N) is 2. The monoisotopic (exact) mass is 825 g/mol. The summed E-state index contributed by atoms with van der Waals surface area (Å²) in [5, 5.41) is 14.5. The standard InChI is InChI=1S/C39H56ClN3O10S2/c1-22-13-12-14-29(50-10)39(48)21-28(51-36(47)41-39)23(2)34-38(6,53-34)30(20-32(45)43(8)26-18-25(17-22)19-27(49-9)33(26)40)52-35(46)24(3)42(7)31(44)15-16-37(4,5)55-54-11/h12-14,18-19,23-24,28-30,34,48H,15-17,20-21H2,1-11H3,(H,41,47)/b14-12+,22-13+/t23-,24+,28+,29-,30-,34+,38+,39+/m1/s1. The van der Waals surface area contributed by atoms with Crippen LogP contribution in [0.25, 0.3) is 0 Å². The molecule has 2 N–H and O–H groups in total. The third kappa shape index (κ3) is 10.5. The lowest BCUT2D eigenvalue weighted by Crippen LogP contribution is -2.63. The van der Waals surface area contributed by atoms with Crippen LogP contribution in [0.15, 0.2) is 35.9 Å². The zero-order chi connectivity index (χ0) is 41.0. The van der Waals surface area contributed by atoms with Crippen molar-refractivity contribution in [1.29, 1.82) is 0 Å². The molecule has 2 saturated heterocycles. The molecule has 3 aliphatic heterocycles. The van der Waals surface area contributed by atoms with Gasteiger partial charge >= 0.3 is 12.1 Å². The van der Waals surface area contributed by atoms with Crippen molar-refractivity contribution in [3.63, 3.8) is 0 Å². The molecule has 0 aliphatic carbocycles. The molecule has 0 aromatic heterocycles. The lowest BCUT2D eigenvalue weighted by atomic mass is 9.83. The highest BCUT2D eigenvalue weighted by Gasteiger charge is 2.64. The van der Waals surface area contributed by atoms with E-state index in [0.29, 0.717) is 24.3 Å². The minimum Gasteiger partial charge on any atom is -0.495 e. The SMILES string of the molecule is COc1cc2cc(c1Cl)N(C)C(=O)C[C@@H](OC(=O)[C@H](C)N(C)C(=O)CCC(C)(C)SSC)[C@]1(C)O[C@H]1[C@H](C)[C@@H]1C[C@@](O)(NC(=O)O1)[C@H](OC)/C=C/C=C(\C)C2. The van der Waals surface area contributed by atoms with E-state index in [1.165, 1.54) is 24.0 Å². The number of hydrogen-bond donors (Lipinski definition) is 2. The lowest BCUT2D eigenvalue weighted by molar-refractivity contribution is -0.162. The molecule has 0 unspecified atom stereocenters. The maximum Gasteiger partial charge on any atom is 0.409 e. The Morgan fingerprint density at radius 3 is 2.58 bits per heavy atom. The van der Waals surface area contributed by atoms with Crippen molar-refractivity contribution in [2.24, 2.45) is 5.92 Å². The summed E-state index contributed by atoms with van der Waals surface area (Å²) < 4.78 is 29.2. The molecule has 13 nitrogen and oxygen atoms in total. The molecule has 0 saturated carbocycles. The number of halogens is 1. The average Bonchev–Trinajstić information content (AvgIpc) is 3.82. The van der Waals surface area contributed by atoms with Crippen LogP contribution in [0.5, 0.6) is 5.75 Å². The van der Waals surface area contributed by atoms with Crippen molar-refractivity contribution in [3.05, 3.63) is 46.5 Å². The van der Waals surface area contributed by atoms with E-state index in [4.69, 9.17) is 35.3 Å². The maximum absolute atomic E-state index is 14.2. The smallest absolute Gasteiger partial charge is 0.409 e. The number of epoxide rings is 1. The molecular weight excluding hydrogens is 770 g/mol. The highest BCUT2D eigenvalue weighted by atomic mass is 35.5. The number of benzene rings is 1. The van der Waals surface area contributed by atoms with Gasteiger partial charge in [0.05, 0.1) is 25.3 Å². The summed E-state index contributed by atoms with van der Waals surface area (Å²) in [4.78, 5) is 56.9. The molecule has 4 rings (SSSR count). The molecule has 3 aliphatic rings. The predicted molar refractivity (Wildman–Crippen MR) is 215 cm³/mol. The van der Waals surface area contributed by atoms with E-state index in [0.717, 1.165) is 11.1 Å². The van der Waals surface area contributed by atoms with E-state index in [-0.39, 0.29) is 34.9 Å². The Morgan fingerprint density at radius 1 is 1.25 bits per heavy atom. The second kappa shape index (κ2) is 18.1. The third-order valence-corrected chi connectivity index (χ3v) is 13.8. The molecule has 8 atom stereocenters. The summed E-state index contributed by atoms with van der Waals surface area (Å²) in [5.74, 6) is -1.50. The molecule has 4 bridgehead atoms. The van der Waals surface area contributed by atoms with Crippen LogP contribution >= 0.6 is 33.2 Å². The normalized spacial score (nSPS) is 30.8. The molecular formula is C39H56ClN3O10S2. The third-order valence-electron chi connectivity index (χ3n) is 10.8. The minimum absolute atomic E-state index is 0.0478. The molecule has 55 heavy (non-hydrogen) atoms. The summed E-state index contributed by atoms with van der Waals surface area (Å²) >= 11 is 6.78. The zero-order valence-corrected chi connectivity index (χ0v) is 36.0.